The molecule has 3 unspecified atom stereocenters. The lowest BCUT2D eigenvalue weighted by atomic mass is 9.57. The molecule has 1 saturated carbocycles. The van der Waals surface area contributed by atoms with Crippen LogP contribution in [0.3, 0.4) is 0 Å². The number of anilines is 1. The van der Waals surface area contributed by atoms with Gasteiger partial charge in [-0.3, -0.25) is 14.5 Å². The molecule has 3 aliphatic heterocycles. The van der Waals surface area contributed by atoms with E-state index in [9.17, 15) is 24.9 Å². The molecule has 146 valence electrons. The first-order chi connectivity index (χ1) is 13.4. The average molecular weight is 382 g/mol. The number of aliphatic hydroxyl groups is 2. The molecular formula is C21H22N2O5. The van der Waals surface area contributed by atoms with Gasteiger partial charge in [0, 0.05) is 19.4 Å². The molecule has 3 heterocycles. The molecule has 4 aliphatic rings. The maximum absolute atomic E-state index is 13.6. The first kappa shape index (κ1) is 17.6. The van der Waals surface area contributed by atoms with Gasteiger partial charge in [-0.05, 0) is 35.7 Å². The number of aliphatic hydroxyl groups excluding tert-OH is 1. The van der Waals surface area contributed by atoms with Crippen LogP contribution in [-0.4, -0.2) is 58.3 Å². The van der Waals surface area contributed by atoms with E-state index in [1.807, 2.05) is 6.07 Å². The maximum atomic E-state index is 13.6. The van der Waals surface area contributed by atoms with E-state index in [1.165, 1.54) is 11.0 Å². The fourth-order valence-electron chi connectivity index (χ4n) is 5.63. The van der Waals surface area contributed by atoms with Crippen molar-refractivity contribution in [3.8, 4) is 5.75 Å². The van der Waals surface area contributed by atoms with Crippen LogP contribution in [0.25, 0.3) is 0 Å². The number of fused-ring (bicyclic) bond motifs is 5. The van der Waals surface area contributed by atoms with Gasteiger partial charge in [-0.25, -0.2) is 0 Å². The predicted molar refractivity (Wildman–Crippen MR) is 101 cm³/mol. The molecule has 1 aromatic carbocycles. The van der Waals surface area contributed by atoms with Gasteiger partial charge >= 0.3 is 0 Å². The molecular weight excluding hydrogens is 360 g/mol. The topological polar surface area (TPSA) is 110 Å². The Morgan fingerprint density at radius 1 is 1.32 bits per heavy atom. The Hall–Kier alpha value is -2.48. The molecule has 1 aromatic rings. The number of Topliss-reactive ketones (excluding diaryl/α,β-unsaturated/α-hetero) is 1. The van der Waals surface area contributed by atoms with Crippen LogP contribution in [0.2, 0.25) is 0 Å². The van der Waals surface area contributed by atoms with Gasteiger partial charge in [-0.1, -0.05) is 24.3 Å². The zero-order valence-corrected chi connectivity index (χ0v) is 15.3. The van der Waals surface area contributed by atoms with Crippen LogP contribution >= 0.6 is 0 Å². The van der Waals surface area contributed by atoms with E-state index in [2.05, 4.69) is 5.32 Å². The molecule has 7 nitrogen and oxygen atoms in total. The Balaban J connectivity index is 1.85. The monoisotopic (exact) mass is 382 g/mol. The summed E-state index contributed by atoms with van der Waals surface area (Å²) in [7, 11) is 0. The van der Waals surface area contributed by atoms with Gasteiger partial charge in [0.15, 0.2) is 0 Å². The van der Waals surface area contributed by atoms with Crippen LogP contribution in [0.1, 0.15) is 24.8 Å². The first-order valence-electron chi connectivity index (χ1n) is 9.57. The van der Waals surface area contributed by atoms with E-state index < -0.39 is 17.1 Å². The predicted octanol–water partition coefficient (Wildman–Crippen LogP) is 0.291. The van der Waals surface area contributed by atoms with Crippen molar-refractivity contribution >= 4 is 17.4 Å². The molecule has 1 spiro atoms. The van der Waals surface area contributed by atoms with Crippen molar-refractivity contribution in [2.75, 3.05) is 24.6 Å². The van der Waals surface area contributed by atoms with Crippen molar-refractivity contribution in [3.05, 3.63) is 47.1 Å². The minimum absolute atomic E-state index is 0.0339. The van der Waals surface area contributed by atoms with Crippen molar-refractivity contribution in [2.45, 2.75) is 36.3 Å². The maximum Gasteiger partial charge on any atom is 0.231 e. The molecule has 0 radical (unpaired) electrons. The smallest absolute Gasteiger partial charge is 0.231 e. The summed E-state index contributed by atoms with van der Waals surface area (Å²) in [6, 6.07) is 4.36. The summed E-state index contributed by atoms with van der Waals surface area (Å²) in [5.74, 6) is -0.377. The summed E-state index contributed by atoms with van der Waals surface area (Å²) >= 11 is 0. The molecule has 4 N–H and O–H groups in total. The molecule has 1 amide bonds. The molecule has 28 heavy (non-hydrogen) atoms. The first-order valence-corrected chi connectivity index (χ1v) is 9.57. The number of rotatable bonds is 1. The Bertz CT molecular complexity index is 968. The number of carbonyl (C=O) groups is 2. The second-order valence-electron chi connectivity index (χ2n) is 7.97. The van der Waals surface area contributed by atoms with Gasteiger partial charge in [0.25, 0.3) is 0 Å². The number of benzene rings is 1. The Morgan fingerprint density at radius 3 is 2.93 bits per heavy atom. The van der Waals surface area contributed by atoms with Gasteiger partial charge in [0.1, 0.15) is 17.1 Å². The fraction of sp³-hybridized carbons (Fsp3) is 0.429. The summed E-state index contributed by atoms with van der Waals surface area (Å²) in [6.07, 6.45) is 3.71. The van der Waals surface area contributed by atoms with E-state index in [-0.39, 0.29) is 36.9 Å². The highest BCUT2D eigenvalue weighted by molar-refractivity contribution is 6.09. The third-order valence-electron chi connectivity index (χ3n) is 6.79. The highest BCUT2D eigenvalue weighted by Crippen LogP contribution is 2.60. The zero-order chi connectivity index (χ0) is 19.7. The second kappa shape index (κ2) is 5.76. The fourth-order valence-corrected chi connectivity index (χ4v) is 5.63. The van der Waals surface area contributed by atoms with Crippen LogP contribution in [0, 0.1) is 0 Å². The highest BCUT2D eigenvalue weighted by atomic mass is 16.3. The van der Waals surface area contributed by atoms with E-state index in [1.54, 1.807) is 18.2 Å². The van der Waals surface area contributed by atoms with E-state index in [0.29, 0.717) is 41.9 Å². The normalized spacial score (nSPS) is 35.2. The van der Waals surface area contributed by atoms with Gasteiger partial charge in [-0.15, -0.1) is 0 Å². The van der Waals surface area contributed by atoms with Crippen LogP contribution in [0.5, 0.6) is 5.75 Å². The quantitative estimate of drug-likeness (QED) is 0.520. The van der Waals surface area contributed by atoms with E-state index >= 15 is 0 Å². The summed E-state index contributed by atoms with van der Waals surface area (Å²) in [6.45, 7) is 0.608. The molecule has 2 bridgehead atoms. The van der Waals surface area contributed by atoms with Crippen molar-refractivity contribution < 1.29 is 24.9 Å². The number of aromatic hydroxyl groups is 1. The van der Waals surface area contributed by atoms with Gasteiger partial charge in [0.2, 0.25) is 5.91 Å². The third kappa shape index (κ3) is 1.93. The number of carbonyl (C=O) groups excluding carboxylic acids is 2. The minimum atomic E-state index is -1.55. The molecule has 7 heteroatoms. The van der Waals surface area contributed by atoms with E-state index in [4.69, 9.17) is 0 Å². The number of amides is 1. The molecule has 5 rings (SSSR count). The largest absolute Gasteiger partial charge is 0.506 e. The number of ketones is 1. The van der Waals surface area contributed by atoms with Gasteiger partial charge in [-0.2, -0.15) is 0 Å². The summed E-state index contributed by atoms with van der Waals surface area (Å²) in [5.41, 5.74) is -0.354. The zero-order valence-electron chi connectivity index (χ0n) is 15.3. The third-order valence-corrected chi connectivity index (χ3v) is 6.79. The number of para-hydroxylation sites is 1. The van der Waals surface area contributed by atoms with Gasteiger partial charge in [0.05, 0.1) is 23.8 Å². The molecule has 0 aromatic heterocycles. The number of phenolic OH excluding ortho intramolecular Hbond substituents is 1. The standard InChI is InChI=1S/C21H22N2O5/c24-9-6-12-11-22-8-7-20-13-2-1-3-15(25)18(13)23-17(27)5-4-14(19(20)23)21(12,28)10-16(20)26/h1-4,6,19,22,24-25,28H,5,7-11H2. The highest BCUT2D eigenvalue weighted by Gasteiger charge is 2.66. The Labute approximate surface area is 162 Å². The van der Waals surface area contributed by atoms with Crippen molar-refractivity contribution in [1.29, 1.82) is 0 Å². The number of nitrogens with zero attached hydrogens (tertiary/aromatic N) is 1. The van der Waals surface area contributed by atoms with Crippen molar-refractivity contribution in [3.63, 3.8) is 0 Å². The number of hydrogen-bond acceptors (Lipinski definition) is 6. The van der Waals surface area contributed by atoms with Crippen LogP contribution in [-0.2, 0) is 15.0 Å². The van der Waals surface area contributed by atoms with Crippen LogP contribution in [0.15, 0.2) is 41.5 Å². The summed E-state index contributed by atoms with van der Waals surface area (Å²) < 4.78 is 0. The SMILES string of the molecule is O=C1CC=C2C3N1c1c(O)cccc1C31CCNCC(=CCO)C2(O)CC1=O. The molecule has 1 aliphatic carbocycles. The second-order valence-corrected chi connectivity index (χ2v) is 7.97. The lowest BCUT2D eigenvalue weighted by Gasteiger charge is -2.50. The van der Waals surface area contributed by atoms with E-state index in [0.717, 1.165) is 0 Å². The molecule has 3 atom stereocenters. The summed E-state index contributed by atoms with van der Waals surface area (Å²) in [4.78, 5) is 28.0. The van der Waals surface area contributed by atoms with Crippen LogP contribution < -0.4 is 10.2 Å². The lowest BCUT2D eigenvalue weighted by molar-refractivity contribution is -0.131. The average Bonchev–Trinajstić information content (AvgIpc) is 3.00. The number of nitrogens with one attached hydrogen (secondary N) is 1. The van der Waals surface area contributed by atoms with Crippen molar-refractivity contribution in [1.82, 2.24) is 5.32 Å². The number of hydrogen-bond donors (Lipinski definition) is 4. The van der Waals surface area contributed by atoms with Crippen LogP contribution in [0.4, 0.5) is 5.69 Å². The Morgan fingerprint density at radius 2 is 2.14 bits per heavy atom. The lowest BCUT2D eigenvalue weighted by Crippen LogP contribution is -2.63. The molecule has 2 fully saturated rings. The molecule has 1 saturated heterocycles. The number of phenols is 1. The minimum Gasteiger partial charge on any atom is -0.506 e. The Kier molecular flexibility index (Phi) is 3.62. The van der Waals surface area contributed by atoms with Gasteiger partial charge < -0.3 is 20.6 Å². The van der Waals surface area contributed by atoms with Crippen molar-refractivity contribution in [2.24, 2.45) is 0 Å². The summed E-state index contributed by atoms with van der Waals surface area (Å²) in [5, 5.41) is 35.0.